The molecule has 0 fully saturated rings. The third-order valence-electron chi connectivity index (χ3n) is 5.93. The Kier molecular flexibility index (Phi) is 5.01. The van der Waals surface area contributed by atoms with Gasteiger partial charge in [0.15, 0.2) is 0 Å². The van der Waals surface area contributed by atoms with E-state index in [4.69, 9.17) is 4.74 Å². The summed E-state index contributed by atoms with van der Waals surface area (Å²) in [6.07, 6.45) is 3.81. The van der Waals surface area contributed by atoms with Gasteiger partial charge in [0.1, 0.15) is 0 Å². The monoisotopic (exact) mass is 415 g/mol. The molecule has 6 heteroatoms. The highest BCUT2D eigenvalue weighted by Crippen LogP contribution is 2.47. The molecule has 0 unspecified atom stereocenters. The van der Waals surface area contributed by atoms with Gasteiger partial charge in [-0.25, -0.2) is 4.79 Å². The van der Waals surface area contributed by atoms with Crippen LogP contribution in [0, 0.1) is 0 Å². The van der Waals surface area contributed by atoms with Crippen molar-refractivity contribution in [3.63, 3.8) is 0 Å². The first-order chi connectivity index (χ1) is 14.8. The van der Waals surface area contributed by atoms with Gasteiger partial charge >= 0.3 is 5.97 Å². The van der Waals surface area contributed by atoms with E-state index in [9.17, 15) is 9.59 Å². The van der Waals surface area contributed by atoms with Gasteiger partial charge in [0.05, 0.1) is 29.6 Å². The van der Waals surface area contributed by atoms with Crippen LogP contribution in [0.25, 0.3) is 0 Å². The Morgan fingerprint density at radius 1 is 1.10 bits per heavy atom. The zero-order valence-corrected chi connectivity index (χ0v) is 18.3. The SMILES string of the molecule is COC(=O)c1ccc2c(c1)N(C)/C(=C/C=C1\C(=O)N(c3ccccc3)N=C1C)C2(C)C. The van der Waals surface area contributed by atoms with Gasteiger partial charge in [0.25, 0.3) is 5.91 Å². The number of rotatable bonds is 3. The van der Waals surface area contributed by atoms with Crippen molar-refractivity contribution in [1.82, 2.24) is 0 Å². The number of amides is 1. The Morgan fingerprint density at radius 2 is 1.81 bits per heavy atom. The van der Waals surface area contributed by atoms with E-state index in [0.29, 0.717) is 16.8 Å². The van der Waals surface area contributed by atoms with Crippen molar-refractivity contribution in [1.29, 1.82) is 0 Å². The molecular weight excluding hydrogens is 390 g/mol. The zero-order chi connectivity index (χ0) is 22.3. The summed E-state index contributed by atoms with van der Waals surface area (Å²) >= 11 is 0. The number of anilines is 2. The summed E-state index contributed by atoms with van der Waals surface area (Å²) in [7, 11) is 3.34. The predicted molar refractivity (Wildman–Crippen MR) is 122 cm³/mol. The average Bonchev–Trinajstić information content (AvgIpc) is 3.16. The van der Waals surface area contributed by atoms with Gasteiger partial charge in [-0.05, 0) is 48.9 Å². The van der Waals surface area contributed by atoms with Crippen LogP contribution in [0.2, 0.25) is 0 Å². The molecule has 0 aliphatic carbocycles. The molecule has 0 bridgehead atoms. The molecule has 0 radical (unpaired) electrons. The Bertz CT molecular complexity index is 1160. The minimum absolute atomic E-state index is 0.149. The number of benzene rings is 2. The minimum Gasteiger partial charge on any atom is -0.465 e. The number of hydrogen-bond donors (Lipinski definition) is 0. The van der Waals surface area contributed by atoms with Gasteiger partial charge in [-0.15, -0.1) is 0 Å². The third-order valence-corrected chi connectivity index (χ3v) is 5.93. The predicted octanol–water partition coefficient (Wildman–Crippen LogP) is 4.43. The Labute approximate surface area is 182 Å². The summed E-state index contributed by atoms with van der Waals surface area (Å²) in [5, 5.41) is 5.87. The van der Waals surface area contributed by atoms with Crippen molar-refractivity contribution in [3.8, 4) is 0 Å². The molecule has 1 amide bonds. The van der Waals surface area contributed by atoms with E-state index in [1.165, 1.54) is 12.1 Å². The number of allylic oxidation sites excluding steroid dienone is 3. The summed E-state index contributed by atoms with van der Waals surface area (Å²) in [5.74, 6) is -0.512. The number of nitrogens with zero attached hydrogens (tertiary/aromatic N) is 3. The van der Waals surface area contributed by atoms with E-state index in [1.54, 1.807) is 6.07 Å². The molecule has 2 aromatic carbocycles. The number of carbonyl (C=O) groups excluding carboxylic acids is 2. The van der Waals surface area contributed by atoms with Gasteiger partial charge in [-0.1, -0.05) is 38.1 Å². The van der Waals surface area contributed by atoms with E-state index >= 15 is 0 Å². The summed E-state index contributed by atoms with van der Waals surface area (Å²) in [4.78, 5) is 27.0. The summed E-state index contributed by atoms with van der Waals surface area (Å²) in [6, 6.07) is 15.0. The molecular formula is C25H25N3O3. The summed E-state index contributed by atoms with van der Waals surface area (Å²) < 4.78 is 4.86. The summed E-state index contributed by atoms with van der Waals surface area (Å²) in [5.41, 5.74) is 5.28. The second-order valence-electron chi connectivity index (χ2n) is 8.18. The number of hydrazone groups is 1. The van der Waals surface area contributed by atoms with E-state index in [2.05, 4.69) is 23.8 Å². The van der Waals surface area contributed by atoms with E-state index < -0.39 is 0 Å². The van der Waals surface area contributed by atoms with Crippen molar-refractivity contribution in [2.45, 2.75) is 26.2 Å². The van der Waals surface area contributed by atoms with Crippen LogP contribution in [-0.4, -0.2) is 31.7 Å². The molecule has 31 heavy (non-hydrogen) atoms. The molecule has 0 spiro atoms. The molecule has 158 valence electrons. The van der Waals surface area contributed by atoms with E-state index in [0.717, 1.165) is 22.6 Å². The molecule has 0 aromatic heterocycles. The molecule has 0 N–H and O–H groups in total. The number of ether oxygens (including phenoxy) is 1. The van der Waals surface area contributed by atoms with Crippen LogP contribution < -0.4 is 9.91 Å². The standard InChI is InChI=1S/C25H25N3O3/c1-16-19(23(29)28(26-16)18-9-7-6-8-10-18)12-14-22-25(2,3)20-13-11-17(24(30)31-5)15-21(20)27(22)4/h6-15H,1-5H3/b19-12-,22-14+. The lowest BCUT2D eigenvalue weighted by Crippen LogP contribution is -2.23. The van der Waals surface area contributed by atoms with Crippen molar-refractivity contribution in [2.75, 3.05) is 24.1 Å². The van der Waals surface area contributed by atoms with Gasteiger partial charge in [0, 0.05) is 23.8 Å². The maximum absolute atomic E-state index is 13.0. The number of methoxy groups -OCH3 is 1. The molecule has 6 nitrogen and oxygen atoms in total. The number of para-hydroxylation sites is 1. The lowest BCUT2D eigenvalue weighted by Gasteiger charge is -2.23. The normalized spacial score (nSPS) is 19.8. The fourth-order valence-corrected chi connectivity index (χ4v) is 4.21. The smallest absolute Gasteiger partial charge is 0.337 e. The molecule has 0 saturated heterocycles. The van der Waals surface area contributed by atoms with Crippen LogP contribution >= 0.6 is 0 Å². The van der Waals surface area contributed by atoms with Crippen LogP contribution in [0.4, 0.5) is 11.4 Å². The highest BCUT2D eigenvalue weighted by Gasteiger charge is 2.39. The highest BCUT2D eigenvalue weighted by molar-refractivity contribution is 6.29. The number of hydrogen-bond acceptors (Lipinski definition) is 5. The van der Waals surface area contributed by atoms with Crippen LogP contribution in [0.15, 0.2) is 77.1 Å². The van der Waals surface area contributed by atoms with Gasteiger partial charge in [-0.3, -0.25) is 4.79 Å². The summed E-state index contributed by atoms with van der Waals surface area (Å²) in [6.45, 7) is 6.10. The quantitative estimate of drug-likeness (QED) is 0.549. The highest BCUT2D eigenvalue weighted by atomic mass is 16.5. The average molecular weight is 415 g/mol. The first kappa shape index (κ1) is 20.6. The first-order valence-corrected chi connectivity index (χ1v) is 10.1. The van der Waals surface area contributed by atoms with Crippen molar-refractivity contribution in [3.05, 3.63) is 83.1 Å². The molecule has 4 rings (SSSR count). The lowest BCUT2D eigenvalue weighted by molar-refractivity contribution is -0.114. The Hall–Kier alpha value is -3.67. The van der Waals surface area contributed by atoms with Crippen molar-refractivity contribution < 1.29 is 14.3 Å². The van der Waals surface area contributed by atoms with Gasteiger partial charge in [-0.2, -0.15) is 10.1 Å². The zero-order valence-electron chi connectivity index (χ0n) is 18.3. The molecule has 0 saturated carbocycles. The van der Waals surface area contributed by atoms with Crippen LogP contribution in [0.3, 0.4) is 0 Å². The molecule has 2 heterocycles. The first-order valence-electron chi connectivity index (χ1n) is 10.1. The van der Waals surface area contributed by atoms with Crippen LogP contribution in [-0.2, 0) is 14.9 Å². The van der Waals surface area contributed by atoms with Crippen molar-refractivity contribution >= 4 is 29.0 Å². The fraction of sp³-hybridized carbons (Fsp3) is 0.240. The number of likely N-dealkylation sites (N-methyl/N-ethyl adjacent to an activating group) is 1. The Morgan fingerprint density at radius 3 is 2.48 bits per heavy atom. The Balaban J connectivity index is 1.69. The molecule has 2 aliphatic heterocycles. The largest absolute Gasteiger partial charge is 0.465 e. The van der Waals surface area contributed by atoms with Crippen LogP contribution in [0.1, 0.15) is 36.7 Å². The fourth-order valence-electron chi connectivity index (χ4n) is 4.21. The van der Waals surface area contributed by atoms with E-state index in [1.807, 2.05) is 68.6 Å². The van der Waals surface area contributed by atoms with Crippen LogP contribution in [0.5, 0.6) is 0 Å². The van der Waals surface area contributed by atoms with Gasteiger partial charge in [0.2, 0.25) is 0 Å². The minimum atomic E-state index is -0.363. The number of esters is 1. The van der Waals surface area contributed by atoms with Crippen molar-refractivity contribution in [2.24, 2.45) is 5.10 Å². The molecule has 0 atom stereocenters. The number of carbonyl (C=O) groups is 2. The molecule has 2 aromatic rings. The third kappa shape index (κ3) is 3.34. The topological polar surface area (TPSA) is 62.2 Å². The maximum atomic E-state index is 13.0. The maximum Gasteiger partial charge on any atom is 0.337 e. The van der Waals surface area contributed by atoms with E-state index in [-0.39, 0.29) is 17.3 Å². The lowest BCUT2D eigenvalue weighted by atomic mass is 9.83. The van der Waals surface area contributed by atoms with Gasteiger partial charge < -0.3 is 9.64 Å². The number of fused-ring (bicyclic) bond motifs is 1. The molecule has 2 aliphatic rings. The second-order valence-corrected chi connectivity index (χ2v) is 8.18. The second kappa shape index (κ2) is 7.54.